The molecule has 0 aliphatic heterocycles. The second-order valence-electron chi connectivity index (χ2n) is 6.62. The van der Waals surface area contributed by atoms with Crippen LogP contribution >= 0.6 is 17.0 Å². The van der Waals surface area contributed by atoms with Crippen molar-refractivity contribution in [3.05, 3.63) is 109 Å². The number of halogens is 2. The number of hydrogen-bond acceptors (Lipinski definition) is 0. The summed E-state index contributed by atoms with van der Waals surface area (Å²) in [5.74, 6) is 0. The number of hydrogen-bond donors (Lipinski definition) is 0. The second kappa shape index (κ2) is 13.8. The Hall–Kier alpha value is -1.40. The number of rotatable bonds is 6. The molecule has 0 atom stereocenters. The van der Waals surface area contributed by atoms with Crippen molar-refractivity contribution in [2.45, 2.75) is 25.7 Å². The Labute approximate surface area is 193 Å². The Balaban J connectivity index is 0.000000183. The fraction of sp³-hybridized carbons (Fsp3) is 0.154. The van der Waals surface area contributed by atoms with Crippen molar-refractivity contribution >= 4 is 38.6 Å². The van der Waals surface area contributed by atoms with Gasteiger partial charge in [0.2, 0.25) is 0 Å². The Morgan fingerprint density at radius 1 is 0.690 bits per heavy atom. The maximum atomic E-state index is 4.93. The van der Waals surface area contributed by atoms with Crippen LogP contribution in [0.3, 0.4) is 0 Å². The van der Waals surface area contributed by atoms with E-state index in [-0.39, 0.29) is 0 Å². The second-order valence-corrected chi connectivity index (χ2v) is 10.3. The molecular weight excluding hydrogens is 474 g/mol. The van der Waals surface area contributed by atoms with Crippen LogP contribution in [-0.2, 0) is 33.7 Å². The predicted octanol–water partition coefficient (Wildman–Crippen LogP) is 8.73. The van der Waals surface area contributed by atoms with Crippen molar-refractivity contribution in [1.82, 2.24) is 0 Å². The third-order valence-corrected chi connectivity index (χ3v) is 4.78. The number of aryl methyl sites for hydroxylation is 2. The van der Waals surface area contributed by atoms with Crippen LogP contribution in [0.25, 0.3) is 21.5 Å². The summed E-state index contributed by atoms with van der Waals surface area (Å²) < 4.78 is 0. The first-order chi connectivity index (χ1) is 14.2. The zero-order chi connectivity index (χ0) is 20.9. The molecule has 4 rings (SSSR count). The van der Waals surface area contributed by atoms with E-state index < -0.39 is 20.8 Å². The SMILES string of the molecule is C=CCC[c-]1ccc2ccccc21.C=CCC[c-]1ccc2ccccc21.[Cl][Zr+2][Cl]. The van der Waals surface area contributed by atoms with Crippen LogP contribution in [0, 0.1) is 0 Å². The van der Waals surface area contributed by atoms with E-state index in [1.807, 2.05) is 12.2 Å². The van der Waals surface area contributed by atoms with E-state index in [4.69, 9.17) is 17.0 Å². The molecule has 0 saturated carbocycles. The van der Waals surface area contributed by atoms with Crippen molar-refractivity contribution in [3.8, 4) is 0 Å². The third kappa shape index (κ3) is 7.41. The molecule has 0 nitrogen and oxygen atoms in total. The first-order valence-electron chi connectivity index (χ1n) is 9.69. The van der Waals surface area contributed by atoms with Gasteiger partial charge in [-0.25, -0.2) is 0 Å². The molecule has 0 spiro atoms. The quantitative estimate of drug-likeness (QED) is 0.183. The van der Waals surface area contributed by atoms with Crippen LogP contribution < -0.4 is 0 Å². The van der Waals surface area contributed by atoms with Crippen molar-refractivity contribution in [2.75, 3.05) is 0 Å². The molecule has 4 aromatic carbocycles. The predicted molar refractivity (Wildman–Crippen MR) is 128 cm³/mol. The molecule has 0 aliphatic carbocycles. The summed E-state index contributed by atoms with van der Waals surface area (Å²) in [7, 11) is 9.87. The van der Waals surface area contributed by atoms with Crippen LogP contribution in [0.2, 0.25) is 0 Å². The van der Waals surface area contributed by atoms with Crippen LogP contribution in [0.15, 0.2) is 98.1 Å². The van der Waals surface area contributed by atoms with E-state index >= 15 is 0 Å². The van der Waals surface area contributed by atoms with Gasteiger partial charge in [-0.2, -0.15) is 12.1 Å². The molecule has 0 bridgehead atoms. The Morgan fingerprint density at radius 2 is 1.07 bits per heavy atom. The monoisotopic (exact) mass is 498 g/mol. The fourth-order valence-corrected chi connectivity index (χ4v) is 3.38. The number of allylic oxidation sites excluding steroid dienone is 2. The van der Waals surface area contributed by atoms with E-state index in [0.29, 0.717) is 0 Å². The summed E-state index contributed by atoms with van der Waals surface area (Å²) in [6, 6.07) is 25.9. The summed E-state index contributed by atoms with van der Waals surface area (Å²) in [5, 5.41) is 5.48. The molecule has 0 N–H and O–H groups in total. The van der Waals surface area contributed by atoms with E-state index in [2.05, 4.69) is 86.0 Å². The summed E-state index contributed by atoms with van der Waals surface area (Å²) in [4.78, 5) is 0. The van der Waals surface area contributed by atoms with Crippen LogP contribution in [0.4, 0.5) is 0 Å². The summed E-state index contributed by atoms with van der Waals surface area (Å²) in [5.41, 5.74) is 2.88. The van der Waals surface area contributed by atoms with Gasteiger partial charge in [0.05, 0.1) is 0 Å². The van der Waals surface area contributed by atoms with E-state index in [9.17, 15) is 0 Å². The average molecular weight is 501 g/mol. The first kappa shape index (κ1) is 23.9. The minimum atomic E-state index is -0.826. The van der Waals surface area contributed by atoms with Gasteiger partial charge in [-0.15, -0.1) is 94.4 Å². The standard InChI is InChI=1S/2C13H13.2ClH.Zr/c2*1-2-3-6-11-9-10-12-7-4-5-8-13(11)12;;;/h2*2,4-5,7-10H,1,3,6H2;2*1H;/q2*-1;;;+4/p-2. The third-order valence-electron chi connectivity index (χ3n) is 4.78. The first-order valence-corrected chi connectivity index (χ1v) is 16.0. The zero-order valence-corrected chi connectivity index (χ0v) is 20.6. The van der Waals surface area contributed by atoms with Gasteiger partial charge in [-0.3, -0.25) is 0 Å². The number of benzene rings is 2. The normalized spacial score (nSPS) is 9.72. The van der Waals surface area contributed by atoms with Gasteiger partial charge in [-0.1, -0.05) is 37.1 Å². The minimum absolute atomic E-state index is 0.826. The fourth-order valence-electron chi connectivity index (χ4n) is 3.38. The van der Waals surface area contributed by atoms with Crippen LogP contribution in [-0.4, -0.2) is 0 Å². The summed E-state index contributed by atoms with van der Waals surface area (Å²) in [6.07, 6.45) is 8.29. The molecule has 0 aliphatic rings. The van der Waals surface area contributed by atoms with E-state index in [0.717, 1.165) is 25.7 Å². The van der Waals surface area contributed by atoms with E-state index in [1.165, 1.54) is 32.7 Å². The molecule has 0 aromatic heterocycles. The van der Waals surface area contributed by atoms with Gasteiger partial charge >= 0.3 is 37.9 Å². The van der Waals surface area contributed by atoms with Crippen molar-refractivity contribution in [3.63, 3.8) is 0 Å². The molecule has 0 heterocycles. The maximum absolute atomic E-state index is 4.93. The molecule has 3 heteroatoms. The molecule has 0 amide bonds. The van der Waals surface area contributed by atoms with Gasteiger partial charge in [0.15, 0.2) is 0 Å². The molecule has 4 aromatic rings. The van der Waals surface area contributed by atoms with Gasteiger partial charge in [0.1, 0.15) is 0 Å². The Bertz CT molecular complexity index is 928. The molecule has 0 saturated heterocycles. The van der Waals surface area contributed by atoms with Crippen LogP contribution in [0.1, 0.15) is 24.0 Å². The topological polar surface area (TPSA) is 0 Å². The zero-order valence-electron chi connectivity index (χ0n) is 16.6. The summed E-state index contributed by atoms with van der Waals surface area (Å²) >= 11 is -0.826. The Morgan fingerprint density at radius 3 is 1.45 bits per heavy atom. The molecule has 29 heavy (non-hydrogen) atoms. The van der Waals surface area contributed by atoms with E-state index in [1.54, 1.807) is 0 Å². The van der Waals surface area contributed by atoms with Gasteiger partial charge in [0.25, 0.3) is 0 Å². The van der Waals surface area contributed by atoms with Gasteiger partial charge in [0, 0.05) is 0 Å². The van der Waals surface area contributed by atoms with Crippen molar-refractivity contribution in [2.24, 2.45) is 0 Å². The molecule has 148 valence electrons. The number of fused-ring (bicyclic) bond motifs is 2. The van der Waals surface area contributed by atoms with Crippen molar-refractivity contribution in [1.29, 1.82) is 0 Å². The van der Waals surface area contributed by atoms with Crippen molar-refractivity contribution < 1.29 is 20.8 Å². The molecular formula is C26H26Cl2Zr. The van der Waals surface area contributed by atoms with Crippen LogP contribution in [0.5, 0.6) is 0 Å². The van der Waals surface area contributed by atoms with Gasteiger partial charge in [-0.05, 0) is 12.8 Å². The van der Waals surface area contributed by atoms with Gasteiger partial charge < -0.3 is 0 Å². The molecule has 0 fully saturated rings. The molecule has 0 radical (unpaired) electrons. The Kier molecular flexibility index (Phi) is 11.3. The summed E-state index contributed by atoms with van der Waals surface area (Å²) in [6.45, 7) is 7.48. The molecule has 0 unspecified atom stereocenters. The average Bonchev–Trinajstić information content (AvgIpc) is 3.36.